The van der Waals surface area contributed by atoms with Gasteiger partial charge in [0.25, 0.3) is 0 Å². The zero-order chi connectivity index (χ0) is 18.1. The van der Waals surface area contributed by atoms with Crippen LogP contribution in [-0.2, 0) is 0 Å². The fraction of sp³-hybridized carbons (Fsp3) is 0.316. The molecule has 1 fully saturated rings. The highest BCUT2D eigenvalue weighted by Crippen LogP contribution is 2.33. The first-order valence-electron chi connectivity index (χ1n) is 8.74. The molecule has 2 amide bonds. The summed E-state index contributed by atoms with van der Waals surface area (Å²) in [5.74, 6) is 1.91. The van der Waals surface area contributed by atoms with Gasteiger partial charge in [-0.25, -0.2) is 9.78 Å². The molecule has 1 unspecified atom stereocenters. The van der Waals surface area contributed by atoms with Gasteiger partial charge in [-0.05, 0) is 26.7 Å². The molecule has 2 aromatic heterocycles. The topological polar surface area (TPSA) is 87.0 Å². The van der Waals surface area contributed by atoms with Gasteiger partial charge in [-0.3, -0.25) is 5.32 Å². The molecule has 1 atom stereocenters. The Morgan fingerprint density at radius 1 is 1.31 bits per heavy atom. The normalized spacial score (nSPS) is 16.8. The van der Waals surface area contributed by atoms with Gasteiger partial charge in [0.15, 0.2) is 5.82 Å². The molecule has 1 saturated heterocycles. The van der Waals surface area contributed by atoms with Crippen LogP contribution in [0, 0.1) is 13.8 Å². The minimum Gasteiger partial charge on any atom is -0.360 e. The Labute approximate surface area is 151 Å². The molecule has 26 heavy (non-hydrogen) atoms. The monoisotopic (exact) mass is 351 g/mol. The average molecular weight is 351 g/mol. The number of aromatic nitrogens is 3. The number of imidazole rings is 1. The quantitative estimate of drug-likeness (QED) is 0.745. The summed E-state index contributed by atoms with van der Waals surface area (Å²) >= 11 is 0. The molecule has 2 N–H and O–H groups in total. The van der Waals surface area contributed by atoms with Crippen molar-refractivity contribution in [3.63, 3.8) is 0 Å². The van der Waals surface area contributed by atoms with Gasteiger partial charge < -0.3 is 14.4 Å². The smallest absolute Gasteiger partial charge is 0.323 e. The number of urea groups is 1. The third-order valence-corrected chi connectivity index (χ3v) is 4.64. The van der Waals surface area contributed by atoms with Gasteiger partial charge in [0.05, 0.1) is 11.7 Å². The molecule has 1 aromatic carbocycles. The molecule has 0 saturated carbocycles. The average Bonchev–Trinajstić information content (AvgIpc) is 3.35. The molecule has 0 radical (unpaired) electrons. The molecule has 0 aliphatic carbocycles. The van der Waals surface area contributed by atoms with E-state index < -0.39 is 0 Å². The Hall–Kier alpha value is -3.09. The molecular formula is C19H21N5O2. The van der Waals surface area contributed by atoms with E-state index in [2.05, 4.69) is 15.5 Å². The number of carbonyl (C=O) groups is 1. The molecule has 0 bridgehead atoms. The number of aryl methyl sites for hydroxylation is 2. The Kier molecular flexibility index (Phi) is 4.20. The van der Waals surface area contributed by atoms with Crippen molar-refractivity contribution < 1.29 is 9.32 Å². The van der Waals surface area contributed by atoms with Crippen LogP contribution in [-0.4, -0.2) is 32.6 Å². The van der Waals surface area contributed by atoms with Crippen molar-refractivity contribution >= 4 is 11.8 Å². The molecule has 3 heterocycles. The van der Waals surface area contributed by atoms with Crippen LogP contribution in [0.15, 0.2) is 40.9 Å². The van der Waals surface area contributed by atoms with Gasteiger partial charge >= 0.3 is 6.03 Å². The Bertz CT molecular complexity index is 915. The van der Waals surface area contributed by atoms with E-state index in [1.165, 1.54) is 0 Å². The van der Waals surface area contributed by atoms with Crippen LogP contribution in [0.3, 0.4) is 0 Å². The molecule has 1 aliphatic rings. The number of hydrogen-bond donors (Lipinski definition) is 2. The lowest BCUT2D eigenvalue weighted by Crippen LogP contribution is -2.35. The Morgan fingerprint density at radius 3 is 2.85 bits per heavy atom. The SMILES string of the molecule is Cc1cc(NC(=O)N2CCCC2c2nc(-c3ccccc3)c(C)[nH]2)no1. The lowest BCUT2D eigenvalue weighted by atomic mass is 10.1. The van der Waals surface area contributed by atoms with Crippen LogP contribution in [0.1, 0.15) is 36.2 Å². The molecule has 3 aromatic rings. The summed E-state index contributed by atoms with van der Waals surface area (Å²) in [7, 11) is 0. The largest absolute Gasteiger partial charge is 0.360 e. The maximum Gasteiger partial charge on any atom is 0.323 e. The second-order valence-electron chi connectivity index (χ2n) is 6.57. The standard InChI is InChI=1S/C19H21N5O2/c1-12-11-16(23-26-12)21-19(25)24-10-6-9-15(24)18-20-13(2)17(22-18)14-7-4-3-5-8-14/h3-5,7-8,11,15H,6,9-10H2,1-2H3,(H,20,22)(H,21,23,25). The minimum atomic E-state index is -0.184. The molecule has 7 nitrogen and oxygen atoms in total. The van der Waals surface area contributed by atoms with Crippen molar-refractivity contribution in [2.45, 2.75) is 32.7 Å². The third kappa shape index (κ3) is 3.08. The summed E-state index contributed by atoms with van der Waals surface area (Å²) in [6.07, 6.45) is 1.82. The van der Waals surface area contributed by atoms with Crippen LogP contribution < -0.4 is 5.32 Å². The second-order valence-corrected chi connectivity index (χ2v) is 6.57. The predicted molar refractivity (Wildman–Crippen MR) is 97.7 cm³/mol. The fourth-order valence-corrected chi connectivity index (χ4v) is 3.42. The number of likely N-dealkylation sites (tertiary alicyclic amines) is 1. The summed E-state index contributed by atoms with van der Waals surface area (Å²) in [5.41, 5.74) is 3.00. The predicted octanol–water partition coefficient (Wildman–Crippen LogP) is 4.05. The molecule has 0 spiro atoms. The van der Waals surface area contributed by atoms with Gasteiger partial charge in [-0.2, -0.15) is 0 Å². The summed E-state index contributed by atoms with van der Waals surface area (Å²) in [4.78, 5) is 22.6. The zero-order valence-electron chi connectivity index (χ0n) is 14.8. The maximum absolute atomic E-state index is 12.7. The van der Waals surface area contributed by atoms with E-state index in [1.807, 2.05) is 37.3 Å². The first-order valence-corrected chi connectivity index (χ1v) is 8.74. The van der Waals surface area contributed by atoms with Crippen LogP contribution in [0.2, 0.25) is 0 Å². The lowest BCUT2D eigenvalue weighted by molar-refractivity contribution is 0.205. The second kappa shape index (κ2) is 6.67. The number of rotatable bonds is 3. The van der Waals surface area contributed by atoms with E-state index in [4.69, 9.17) is 9.51 Å². The summed E-state index contributed by atoms with van der Waals surface area (Å²) < 4.78 is 5.01. The van der Waals surface area contributed by atoms with Crippen molar-refractivity contribution in [3.8, 4) is 11.3 Å². The van der Waals surface area contributed by atoms with Gasteiger partial charge in [-0.1, -0.05) is 35.5 Å². The first-order chi connectivity index (χ1) is 12.6. The van der Waals surface area contributed by atoms with Crippen LogP contribution in [0.5, 0.6) is 0 Å². The molecule has 134 valence electrons. The molecule has 1 aliphatic heterocycles. The zero-order valence-corrected chi connectivity index (χ0v) is 14.8. The number of carbonyl (C=O) groups excluding carboxylic acids is 1. The molecule has 7 heteroatoms. The van der Waals surface area contributed by atoms with Crippen molar-refractivity contribution in [2.75, 3.05) is 11.9 Å². The van der Waals surface area contributed by atoms with Gasteiger partial charge in [0, 0.05) is 23.9 Å². The maximum atomic E-state index is 12.7. The number of H-pyrrole nitrogens is 1. The number of hydrogen-bond acceptors (Lipinski definition) is 4. The van der Waals surface area contributed by atoms with E-state index >= 15 is 0 Å². The van der Waals surface area contributed by atoms with Crippen LogP contribution in [0.4, 0.5) is 10.6 Å². The highest BCUT2D eigenvalue weighted by atomic mass is 16.5. The van der Waals surface area contributed by atoms with Crippen LogP contribution in [0.25, 0.3) is 11.3 Å². The minimum absolute atomic E-state index is 0.0702. The lowest BCUT2D eigenvalue weighted by Gasteiger charge is -2.22. The number of aromatic amines is 1. The van der Waals surface area contributed by atoms with E-state index in [1.54, 1.807) is 17.9 Å². The number of anilines is 1. The van der Waals surface area contributed by atoms with Crippen molar-refractivity contribution in [3.05, 3.63) is 53.7 Å². The number of nitrogens with zero attached hydrogens (tertiary/aromatic N) is 3. The van der Waals surface area contributed by atoms with Crippen LogP contribution >= 0.6 is 0 Å². The highest BCUT2D eigenvalue weighted by Gasteiger charge is 2.33. The van der Waals surface area contributed by atoms with Crippen molar-refractivity contribution in [1.82, 2.24) is 20.0 Å². The Balaban J connectivity index is 1.56. The molecule has 4 rings (SSSR count). The van der Waals surface area contributed by atoms with E-state index in [9.17, 15) is 4.79 Å². The van der Waals surface area contributed by atoms with Crippen molar-refractivity contribution in [2.24, 2.45) is 0 Å². The number of nitrogens with one attached hydrogen (secondary N) is 2. The molecular weight excluding hydrogens is 330 g/mol. The third-order valence-electron chi connectivity index (χ3n) is 4.64. The number of amides is 2. The van der Waals surface area contributed by atoms with Gasteiger partial charge in [0.2, 0.25) is 0 Å². The number of benzene rings is 1. The van der Waals surface area contributed by atoms with E-state index in [0.29, 0.717) is 18.1 Å². The summed E-state index contributed by atoms with van der Waals surface area (Å²) in [5, 5.41) is 6.62. The van der Waals surface area contributed by atoms with Gasteiger partial charge in [-0.15, -0.1) is 0 Å². The van der Waals surface area contributed by atoms with E-state index in [0.717, 1.165) is 35.6 Å². The van der Waals surface area contributed by atoms with Crippen molar-refractivity contribution in [1.29, 1.82) is 0 Å². The highest BCUT2D eigenvalue weighted by molar-refractivity contribution is 5.88. The summed E-state index contributed by atoms with van der Waals surface area (Å²) in [6.45, 7) is 4.49. The Morgan fingerprint density at radius 2 is 2.12 bits per heavy atom. The summed E-state index contributed by atoms with van der Waals surface area (Å²) in [6, 6.07) is 11.5. The fourth-order valence-electron chi connectivity index (χ4n) is 3.42. The van der Waals surface area contributed by atoms with E-state index in [-0.39, 0.29) is 12.1 Å². The first kappa shape index (κ1) is 16.4. The van der Waals surface area contributed by atoms with Gasteiger partial charge in [0.1, 0.15) is 11.6 Å².